The molecule has 0 aromatic heterocycles. The smallest absolute Gasteiger partial charge is 0.352 e. The summed E-state index contributed by atoms with van der Waals surface area (Å²) in [4.78, 5) is 78.0. The van der Waals surface area contributed by atoms with Crippen molar-refractivity contribution >= 4 is 35.6 Å². The number of carboxylic acids is 1. The van der Waals surface area contributed by atoms with E-state index in [1.165, 1.54) is 11.0 Å². The van der Waals surface area contributed by atoms with Crippen LogP contribution in [0.2, 0.25) is 0 Å². The molecule has 12 nitrogen and oxygen atoms in total. The van der Waals surface area contributed by atoms with Crippen LogP contribution in [-0.2, 0) is 24.0 Å². The Morgan fingerprint density at radius 1 is 1.09 bits per heavy atom. The van der Waals surface area contributed by atoms with Crippen molar-refractivity contribution in [2.45, 2.75) is 37.9 Å². The predicted octanol–water partition coefficient (Wildman–Crippen LogP) is -0.414. The highest BCUT2D eigenvalue weighted by Gasteiger charge is 2.52. The number of nitrogens with zero attached hydrogens (tertiary/aromatic N) is 3. The molecule has 0 spiro atoms. The number of imide groups is 1. The number of amides is 6. The van der Waals surface area contributed by atoms with Crippen molar-refractivity contribution in [2.75, 3.05) is 19.6 Å². The molecule has 3 aliphatic rings. The molecule has 0 saturated carbocycles. The maximum Gasteiger partial charge on any atom is 0.352 e. The summed E-state index contributed by atoms with van der Waals surface area (Å²) in [5, 5.41) is 14.5. The van der Waals surface area contributed by atoms with Crippen molar-refractivity contribution in [1.29, 1.82) is 0 Å². The molecule has 3 atom stereocenters. The lowest BCUT2D eigenvalue weighted by Crippen LogP contribution is -2.72. The third kappa shape index (κ3) is 4.34. The lowest BCUT2D eigenvalue weighted by molar-refractivity contribution is -0.156. The molecule has 0 radical (unpaired) electrons. The second-order valence-electron chi connectivity index (χ2n) is 8.37. The number of benzene rings is 1. The lowest BCUT2D eigenvalue weighted by Gasteiger charge is -2.49. The number of aliphatic carboxylic acids is 1. The lowest BCUT2D eigenvalue weighted by atomic mass is 9.86. The second-order valence-corrected chi connectivity index (χ2v) is 8.37. The number of hydrogen-bond donors (Lipinski definition) is 3. The van der Waals surface area contributed by atoms with Gasteiger partial charge in [0.05, 0.1) is 6.04 Å². The number of likely N-dealkylation sites (N-methyl/N-ethyl adjacent to an activating group) is 1. The van der Waals surface area contributed by atoms with E-state index in [1.807, 2.05) is 0 Å². The molecule has 2 unspecified atom stereocenters. The van der Waals surface area contributed by atoms with Gasteiger partial charge in [0, 0.05) is 19.6 Å². The minimum atomic E-state index is -1.25. The van der Waals surface area contributed by atoms with Gasteiger partial charge in [0.15, 0.2) is 0 Å². The topological polar surface area (TPSA) is 156 Å². The van der Waals surface area contributed by atoms with Gasteiger partial charge in [-0.3, -0.25) is 29.0 Å². The molecular formula is C23H25N5O7. The minimum absolute atomic E-state index is 0.0180. The molecule has 35 heavy (non-hydrogen) atoms. The zero-order chi connectivity index (χ0) is 25.3. The fourth-order valence-corrected chi connectivity index (χ4v) is 4.53. The Morgan fingerprint density at radius 2 is 1.80 bits per heavy atom. The highest BCUT2D eigenvalue weighted by Crippen LogP contribution is 2.33. The monoisotopic (exact) mass is 483 g/mol. The van der Waals surface area contributed by atoms with Crippen LogP contribution in [0.25, 0.3) is 0 Å². The van der Waals surface area contributed by atoms with Crippen LogP contribution in [0.4, 0.5) is 4.79 Å². The minimum Gasteiger partial charge on any atom is -0.477 e. The summed E-state index contributed by atoms with van der Waals surface area (Å²) in [5.74, 6) is -4.24. The number of allylic oxidation sites excluding steroid dienone is 1. The van der Waals surface area contributed by atoms with Crippen LogP contribution in [0.3, 0.4) is 0 Å². The summed E-state index contributed by atoms with van der Waals surface area (Å²) in [6.07, 6.45) is 2.40. The number of β-lactam (4-membered cyclic amide) rings is 1. The first-order chi connectivity index (χ1) is 16.7. The van der Waals surface area contributed by atoms with E-state index in [-0.39, 0.29) is 18.8 Å². The van der Waals surface area contributed by atoms with E-state index in [1.54, 1.807) is 37.3 Å². The van der Waals surface area contributed by atoms with E-state index in [9.17, 15) is 33.9 Å². The summed E-state index contributed by atoms with van der Waals surface area (Å²) >= 11 is 0. The molecule has 184 valence electrons. The third-order valence-corrected chi connectivity index (χ3v) is 6.40. The van der Waals surface area contributed by atoms with Gasteiger partial charge >= 0.3 is 23.8 Å². The van der Waals surface area contributed by atoms with Gasteiger partial charge in [-0.25, -0.2) is 9.59 Å². The summed E-state index contributed by atoms with van der Waals surface area (Å²) in [6, 6.07) is 4.66. The van der Waals surface area contributed by atoms with Crippen molar-refractivity contribution in [3.05, 3.63) is 47.7 Å². The normalized spacial score (nSPS) is 22.6. The van der Waals surface area contributed by atoms with Gasteiger partial charge in [-0.15, -0.1) is 0 Å². The number of fused-ring (bicyclic) bond motifs is 1. The first-order valence-electron chi connectivity index (χ1n) is 11.3. The second kappa shape index (κ2) is 9.57. The number of urea groups is 1. The van der Waals surface area contributed by atoms with Crippen molar-refractivity contribution in [3.63, 3.8) is 0 Å². The van der Waals surface area contributed by atoms with Gasteiger partial charge in [0.1, 0.15) is 17.8 Å². The van der Waals surface area contributed by atoms with E-state index < -0.39 is 53.8 Å². The van der Waals surface area contributed by atoms with Crippen LogP contribution < -0.4 is 10.6 Å². The highest BCUT2D eigenvalue weighted by atomic mass is 16.4. The quantitative estimate of drug-likeness (QED) is 0.367. The van der Waals surface area contributed by atoms with E-state index in [0.717, 1.165) is 9.80 Å². The fourth-order valence-electron chi connectivity index (χ4n) is 4.53. The zero-order valence-electron chi connectivity index (χ0n) is 19.0. The Balaban J connectivity index is 1.50. The number of piperazine rings is 1. The first-order valence-corrected chi connectivity index (χ1v) is 11.3. The number of carboxylic acid groups (broad SMARTS) is 1. The molecule has 1 aromatic rings. The van der Waals surface area contributed by atoms with Crippen LogP contribution in [0.5, 0.6) is 0 Å². The Hall–Kier alpha value is -4.22. The van der Waals surface area contributed by atoms with E-state index in [0.29, 0.717) is 24.9 Å². The van der Waals surface area contributed by atoms with Crippen LogP contribution in [0.15, 0.2) is 42.1 Å². The molecular weight excluding hydrogens is 458 g/mol. The Kier molecular flexibility index (Phi) is 6.54. The van der Waals surface area contributed by atoms with Crippen molar-refractivity contribution < 1.29 is 33.9 Å². The van der Waals surface area contributed by atoms with E-state index in [4.69, 9.17) is 0 Å². The molecule has 0 aliphatic carbocycles. The van der Waals surface area contributed by atoms with Crippen molar-refractivity contribution in [1.82, 2.24) is 25.3 Å². The summed E-state index contributed by atoms with van der Waals surface area (Å²) in [5.41, 5.74) is 0.293. The van der Waals surface area contributed by atoms with Gasteiger partial charge < -0.3 is 20.6 Å². The largest absolute Gasteiger partial charge is 0.477 e. The molecule has 3 heterocycles. The predicted molar refractivity (Wildman–Crippen MR) is 119 cm³/mol. The Labute approximate surface area is 200 Å². The average molecular weight is 483 g/mol. The Morgan fingerprint density at radius 3 is 2.46 bits per heavy atom. The molecule has 12 heteroatoms. The molecule has 2 saturated heterocycles. The van der Waals surface area contributed by atoms with Gasteiger partial charge in [-0.05, 0) is 25.3 Å². The third-order valence-electron chi connectivity index (χ3n) is 6.40. The fraction of sp³-hybridized carbons (Fsp3) is 0.391. The number of nitrogens with one attached hydrogen (secondary N) is 2. The average Bonchev–Trinajstić information content (AvgIpc) is 2.86. The molecule has 3 aliphatic heterocycles. The van der Waals surface area contributed by atoms with E-state index in [2.05, 4.69) is 10.6 Å². The molecule has 2 fully saturated rings. The number of carbonyl (C=O) groups is 6. The number of hydrogen-bond acceptors (Lipinski definition) is 6. The molecule has 6 amide bonds. The summed E-state index contributed by atoms with van der Waals surface area (Å²) in [6.45, 7) is 2.22. The first kappa shape index (κ1) is 23.9. The van der Waals surface area contributed by atoms with Gasteiger partial charge in [0.25, 0.3) is 5.91 Å². The van der Waals surface area contributed by atoms with Crippen LogP contribution in [0.1, 0.15) is 31.4 Å². The van der Waals surface area contributed by atoms with Gasteiger partial charge in [-0.2, -0.15) is 0 Å². The molecule has 3 N–H and O–H groups in total. The molecule has 1 aromatic carbocycles. The van der Waals surface area contributed by atoms with Crippen molar-refractivity contribution in [2.24, 2.45) is 0 Å². The van der Waals surface area contributed by atoms with Crippen molar-refractivity contribution in [3.8, 4) is 0 Å². The van der Waals surface area contributed by atoms with Gasteiger partial charge in [-0.1, -0.05) is 36.4 Å². The summed E-state index contributed by atoms with van der Waals surface area (Å²) < 4.78 is 0. The maximum absolute atomic E-state index is 13.2. The zero-order valence-corrected chi connectivity index (χ0v) is 19.0. The van der Waals surface area contributed by atoms with Crippen LogP contribution in [0, 0.1) is 0 Å². The standard InChI is InChI=1S/C23H25N5O7/c1-2-26-11-12-27(21(32)20(26)31)23(35)25-16(13-7-4-3-5-8-13)18(29)24-17-14-9-6-10-15(22(33)34)28(14)19(17)30/h3-5,7-8,10,14,16-17H,2,6,9,11-12H2,1H3,(H,24,29)(H,25,35)(H,33,34)/t14?,16-,17?/m1/s1. The van der Waals surface area contributed by atoms with Gasteiger partial charge in [0.2, 0.25) is 5.91 Å². The van der Waals surface area contributed by atoms with E-state index >= 15 is 0 Å². The summed E-state index contributed by atoms with van der Waals surface area (Å²) in [7, 11) is 0. The van der Waals surface area contributed by atoms with Crippen LogP contribution >= 0.6 is 0 Å². The highest BCUT2D eigenvalue weighted by molar-refractivity contribution is 6.38. The number of carbonyl (C=O) groups excluding carboxylic acids is 5. The number of rotatable bonds is 6. The Bertz CT molecular complexity index is 1120. The molecule has 4 rings (SSSR count). The SMILES string of the molecule is CCN1CCN(C(=O)N[C@@H](C(=O)NC2C(=O)N3C(C(=O)O)=CCCC23)c2ccccc2)C(=O)C1=O. The molecule has 0 bridgehead atoms. The van der Waals surface area contributed by atoms with Crippen LogP contribution in [-0.4, -0.2) is 87.2 Å². The maximum atomic E-state index is 13.2.